The van der Waals surface area contributed by atoms with Crippen LogP contribution in [0.15, 0.2) is 58.2 Å². The van der Waals surface area contributed by atoms with E-state index in [1.165, 1.54) is 16.8 Å². The molecule has 3 rings (SSSR count). The molecule has 8 nitrogen and oxygen atoms in total. The Morgan fingerprint density at radius 1 is 1.12 bits per heavy atom. The summed E-state index contributed by atoms with van der Waals surface area (Å²) in [4.78, 5) is 15.5. The number of anilines is 1. The van der Waals surface area contributed by atoms with Gasteiger partial charge in [-0.05, 0) is 48.6 Å². The molecule has 130 valence electrons. The number of hydrogen-bond donors (Lipinski definition) is 4. The van der Waals surface area contributed by atoms with Gasteiger partial charge in [0.05, 0.1) is 15.8 Å². The summed E-state index contributed by atoms with van der Waals surface area (Å²) in [6.45, 7) is 0.199. The zero-order valence-corrected chi connectivity index (χ0v) is 14.5. The van der Waals surface area contributed by atoms with E-state index in [0.29, 0.717) is 16.6 Å². The van der Waals surface area contributed by atoms with E-state index in [-0.39, 0.29) is 21.9 Å². The van der Waals surface area contributed by atoms with Crippen molar-refractivity contribution in [1.29, 1.82) is 0 Å². The Bertz CT molecular complexity index is 1130. The highest BCUT2D eigenvalue weighted by Gasteiger charge is 2.07. The van der Waals surface area contributed by atoms with E-state index in [1.807, 2.05) is 6.07 Å². The summed E-state index contributed by atoms with van der Waals surface area (Å²) in [5.74, 6) is 0. The van der Waals surface area contributed by atoms with Gasteiger partial charge >= 0.3 is 0 Å². The molecule has 0 aliphatic carbocycles. The molecule has 0 aliphatic heterocycles. The van der Waals surface area contributed by atoms with Crippen molar-refractivity contribution in [3.05, 3.63) is 63.7 Å². The number of H-pyrrole nitrogens is 1. The molecule has 0 saturated heterocycles. The lowest BCUT2D eigenvalue weighted by atomic mass is 10.2. The number of nitrogens with two attached hydrogens (primary N) is 1. The minimum absolute atomic E-state index is 0.0270. The third-order valence-corrected chi connectivity index (χ3v) is 4.73. The molecule has 0 bridgehead atoms. The Hall–Kier alpha value is -2.69. The normalized spacial score (nSPS) is 11.4. The number of benzene rings is 2. The van der Waals surface area contributed by atoms with Gasteiger partial charge in [-0.2, -0.15) is 4.68 Å². The van der Waals surface area contributed by atoms with Crippen molar-refractivity contribution in [2.45, 2.75) is 4.90 Å². The summed E-state index contributed by atoms with van der Waals surface area (Å²) >= 11 is 5.19. The number of primary sulfonamides is 1. The second-order valence-electron chi connectivity index (χ2n) is 5.20. The summed E-state index contributed by atoms with van der Waals surface area (Å²) in [5.41, 5.74) is 3.95. The highest BCUT2D eigenvalue weighted by atomic mass is 32.2. The number of aromatic nitrogens is 2. The standard InChI is InChI=1S/C15H15N5O3S2/c16-25(22,23)11-7-5-10(6-8-11)17-9-18-20-14(21)12-3-1-2-4-13(12)19-15(20)24/h1-8,17-18H,9H2,(H,19,24)(H2,16,22,23). The smallest absolute Gasteiger partial charge is 0.280 e. The minimum atomic E-state index is -3.72. The summed E-state index contributed by atoms with van der Waals surface area (Å²) < 4.78 is 23.9. The van der Waals surface area contributed by atoms with Crippen LogP contribution in [0.2, 0.25) is 0 Å². The number of aromatic amines is 1. The van der Waals surface area contributed by atoms with Crippen LogP contribution < -0.4 is 21.4 Å². The zero-order valence-electron chi connectivity index (χ0n) is 12.9. The van der Waals surface area contributed by atoms with Crippen LogP contribution >= 0.6 is 12.2 Å². The average molecular weight is 377 g/mol. The number of fused-ring (bicyclic) bond motifs is 1. The molecule has 3 aromatic rings. The maximum Gasteiger partial charge on any atom is 0.280 e. The first-order chi connectivity index (χ1) is 11.9. The molecule has 1 aromatic heterocycles. The Balaban J connectivity index is 1.75. The number of rotatable bonds is 5. The average Bonchev–Trinajstić information content (AvgIpc) is 2.57. The van der Waals surface area contributed by atoms with Crippen molar-refractivity contribution in [1.82, 2.24) is 9.66 Å². The number of para-hydroxylation sites is 1. The van der Waals surface area contributed by atoms with Gasteiger partial charge in [0.25, 0.3) is 5.56 Å². The predicted molar refractivity (Wildman–Crippen MR) is 99.1 cm³/mol. The van der Waals surface area contributed by atoms with Crippen LogP contribution in [-0.2, 0) is 10.0 Å². The number of nitrogens with one attached hydrogen (secondary N) is 3. The highest BCUT2D eigenvalue weighted by molar-refractivity contribution is 7.89. The van der Waals surface area contributed by atoms with Gasteiger partial charge in [-0.15, -0.1) is 0 Å². The molecule has 1 heterocycles. The second-order valence-corrected chi connectivity index (χ2v) is 7.15. The SMILES string of the molecule is NS(=O)(=O)c1ccc(NCNn2c(=S)[nH]c3ccccc3c2=O)cc1. The first-order valence-electron chi connectivity index (χ1n) is 7.21. The molecule has 2 aromatic carbocycles. The highest BCUT2D eigenvalue weighted by Crippen LogP contribution is 2.12. The fourth-order valence-electron chi connectivity index (χ4n) is 2.29. The van der Waals surface area contributed by atoms with Crippen molar-refractivity contribution >= 4 is 38.8 Å². The molecule has 10 heteroatoms. The lowest BCUT2D eigenvalue weighted by molar-refractivity contribution is 0.598. The van der Waals surface area contributed by atoms with Crippen molar-refractivity contribution in [3.63, 3.8) is 0 Å². The van der Waals surface area contributed by atoms with Crippen molar-refractivity contribution < 1.29 is 8.42 Å². The van der Waals surface area contributed by atoms with Gasteiger partial charge in [-0.1, -0.05) is 12.1 Å². The molecule has 0 saturated carbocycles. The van der Waals surface area contributed by atoms with Crippen LogP contribution in [0.5, 0.6) is 0 Å². The summed E-state index contributed by atoms with van der Waals surface area (Å²) in [6, 6.07) is 13.0. The van der Waals surface area contributed by atoms with Crippen molar-refractivity contribution in [2.24, 2.45) is 5.14 Å². The topological polar surface area (TPSA) is 122 Å². The Kier molecular flexibility index (Phi) is 4.57. The van der Waals surface area contributed by atoms with E-state index in [1.54, 1.807) is 30.3 Å². The van der Waals surface area contributed by atoms with E-state index in [9.17, 15) is 13.2 Å². The molecule has 0 atom stereocenters. The van der Waals surface area contributed by atoms with Crippen LogP contribution in [-0.4, -0.2) is 24.7 Å². The van der Waals surface area contributed by atoms with Gasteiger partial charge in [-0.25, -0.2) is 13.6 Å². The fourth-order valence-corrected chi connectivity index (χ4v) is 3.06. The molecular formula is C15H15N5O3S2. The van der Waals surface area contributed by atoms with Crippen LogP contribution in [0.25, 0.3) is 10.9 Å². The van der Waals surface area contributed by atoms with Crippen LogP contribution in [0.4, 0.5) is 5.69 Å². The third kappa shape index (κ3) is 3.71. The van der Waals surface area contributed by atoms with Crippen LogP contribution in [0, 0.1) is 4.77 Å². The maximum atomic E-state index is 12.5. The summed E-state index contributed by atoms with van der Waals surface area (Å²) in [7, 11) is -3.72. The van der Waals surface area contributed by atoms with Gasteiger partial charge in [0.1, 0.15) is 6.67 Å². The van der Waals surface area contributed by atoms with Gasteiger partial charge in [0.2, 0.25) is 10.0 Å². The number of sulfonamides is 1. The Labute approximate surface area is 148 Å². The third-order valence-electron chi connectivity index (χ3n) is 3.52. The Morgan fingerprint density at radius 2 is 1.80 bits per heavy atom. The molecule has 5 N–H and O–H groups in total. The molecule has 25 heavy (non-hydrogen) atoms. The van der Waals surface area contributed by atoms with E-state index in [0.717, 1.165) is 0 Å². The monoisotopic (exact) mass is 377 g/mol. The lowest BCUT2D eigenvalue weighted by Gasteiger charge is -2.12. The van der Waals surface area contributed by atoms with E-state index in [4.69, 9.17) is 17.4 Å². The van der Waals surface area contributed by atoms with Crippen molar-refractivity contribution in [3.8, 4) is 0 Å². The van der Waals surface area contributed by atoms with Gasteiger partial charge in [-0.3, -0.25) is 4.79 Å². The van der Waals surface area contributed by atoms with E-state index >= 15 is 0 Å². The Morgan fingerprint density at radius 3 is 2.48 bits per heavy atom. The fraction of sp³-hybridized carbons (Fsp3) is 0.0667. The quantitative estimate of drug-likeness (QED) is 0.393. The predicted octanol–water partition coefficient (Wildman–Crippen LogP) is 1.32. The van der Waals surface area contributed by atoms with Crippen molar-refractivity contribution in [2.75, 3.05) is 17.4 Å². The lowest BCUT2D eigenvalue weighted by Crippen LogP contribution is -2.33. The van der Waals surface area contributed by atoms with Crippen LogP contribution in [0.1, 0.15) is 0 Å². The number of hydrogen-bond acceptors (Lipinski definition) is 6. The van der Waals surface area contributed by atoms with Gasteiger partial charge in [0, 0.05) is 5.69 Å². The first-order valence-corrected chi connectivity index (χ1v) is 9.16. The minimum Gasteiger partial charge on any atom is -0.367 e. The molecule has 0 amide bonds. The molecular weight excluding hydrogens is 362 g/mol. The van der Waals surface area contributed by atoms with Gasteiger partial charge < -0.3 is 15.7 Å². The largest absolute Gasteiger partial charge is 0.367 e. The molecule has 0 fully saturated rings. The zero-order chi connectivity index (χ0) is 18.0. The molecule has 0 aliphatic rings. The summed E-state index contributed by atoms with van der Waals surface area (Å²) in [6.07, 6.45) is 0. The molecule has 0 radical (unpaired) electrons. The maximum absolute atomic E-state index is 12.5. The van der Waals surface area contributed by atoms with Crippen LogP contribution in [0.3, 0.4) is 0 Å². The number of nitrogens with zero attached hydrogens (tertiary/aromatic N) is 1. The first kappa shape index (κ1) is 17.1. The van der Waals surface area contributed by atoms with E-state index < -0.39 is 10.0 Å². The summed E-state index contributed by atoms with van der Waals surface area (Å²) in [5, 5.41) is 8.57. The second kappa shape index (κ2) is 6.67. The van der Waals surface area contributed by atoms with E-state index in [2.05, 4.69) is 15.7 Å². The van der Waals surface area contributed by atoms with Gasteiger partial charge in [0.15, 0.2) is 4.77 Å². The molecule has 0 spiro atoms. The molecule has 0 unspecified atom stereocenters.